The van der Waals surface area contributed by atoms with Gasteiger partial charge >= 0.3 is 0 Å². The number of hydrogen-bond acceptors (Lipinski definition) is 5. The summed E-state index contributed by atoms with van der Waals surface area (Å²) >= 11 is 1.97. The lowest BCUT2D eigenvalue weighted by atomic mass is 9.80. The molecule has 1 N–H and O–H groups in total. The minimum Gasteiger partial charge on any atom is -0.294 e. The fourth-order valence-corrected chi connectivity index (χ4v) is 4.12. The first-order valence-electron chi connectivity index (χ1n) is 8.78. The highest BCUT2D eigenvalue weighted by atomic mass is 32.2. The van der Waals surface area contributed by atoms with Gasteiger partial charge in [-0.3, -0.25) is 20.1 Å². The topological polar surface area (TPSA) is 50.7 Å². The SMILES string of the molecule is CCCC(NOCC)=C1C(=O)CC(CC(C)SCC)CC1=NC. The van der Waals surface area contributed by atoms with Crippen molar-refractivity contribution < 1.29 is 9.63 Å². The van der Waals surface area contributed by atoms with Crippen LogP contribution >= 0.6 is 11.8 Å². The van der Waals surface area contributed by atoms with Gasteiger partial charge in [0.25, 0.3) is 0 Å². The van der Waals surface area contributed by atoms with Crippen LogP contribution < -0.4 is 5.48 Å². The van der Waals surface area contributed by atoms with Crippen molar-refractivity contribution in [3.05, 3.63) is 11.3 Å². The van der Waals surface area contributed by atoms with E-state index in [0.29, 0.717) is 24.2 Å². The maximum Gasteiger partial charge on any atom is 0.166 e. The molecule has 23 heavy (non-hydrogen) atoms. The second-order valence-corrected chi connectivity index (χ2v) is 7.72. The Hall–Kier alpha value is -0.810. The van der Waals surface area contributed by atoms with Gasteiger partial charge in [-0.1, -0.05) is 27.2 Å². The molecule has 1 rings (SSSR count). The summed E-state index contributed by atoms with van der Waals surface area (Å²) in [6.45, 7) is 9.05. The van der Waals surface area contributed by atoms with Gasteiger partial charge in [-0.15, -0.1) is 0 Å². The Balaban J connectivity index is 2.93. The molecule has 0 aromatic heterocycles. The van der Waals surface area contributed by atoms with Crippen LogP contribution in [-0.2, 0) is 9.63 Å². The van der Waals surface area contributed by atoms with Crippen LogP contribution in [0.3, 0.4) is 0 Å². The zero-order valence-electron chi connectivity index (χ0n) is 15.3. The molecule has 4 nitrogen and oxygen atoms in total. The van der Waals surface area contributed by atoms with Gasteiger partial charge in [-0.2, -0.15) is 11.8 Å². The molecule has 0 saturated heterocycles. The molecular formula is C18H32N2O2S. The number of nitrogens with zero attached hydrogens (tertiary/aromatic N) is 1. The first kappa shape index (κ1) is 20.2. The first-order valence-corrected chi connectivity index (χ1v) is 9.83. The number of ketones is 1. The predicted octanol–water partition coefficient (Wildman–Crippen LogP) is 4.16. The van der Waals surface area contributed by atoms with E-state index in [9.17, 15) is 4.79 Å². The quantitative estimate of drug-likeness (QED) is 0.506. The highest BCUT2D eigenvalue weighted by molar-refractivity contribution is 7.99. The number of nitrogens with one attached hydrogen (secondary N) is 1. The number of hydrogen-bond donors (Lipinski definition) is 1. The van der Waals surface area contributed by atoms with Crippen LogP contribution in [0.25, 0.3) is 0 Å². The van der Waals surface area contributed by atoms with E-state index in [1.807, 2.05) is 18.7 Å². The molecule has 0 radical (unpaired) electrons. The first-order chi connectivity index (χ1) is 11.1. The van der Waals surface area contributed by atoms with Crippen molar-refractivity contribution in [3.8, 4) is 0 Å². The van der Waals surface area contributed by atoms with Crippen LogP contribution in [0.1, 0.15) is 59.8 Å². The lowest BCUT2D eigenvalue weighted by Crippen LogP contribution is -2.31. The molecule has 0 aromatic carbocycles. The normalized spacial score (nSPS) is 24.0. The van der Waals surface area contributed by atoms with Crippen molar-refractivity contribution >= 4 is 23.3 Å². The van der Waals surface area contributed by atoms with Gasteiger partial charge < -0.3 is 0 Å². The number of rotatable bonds is 9. The molecule has 1 aliphatic rings. The number of aliphatic imine (C=N–C) groups is 1. The zero-order chi connectivity index (χ0) is 17.2. The Morgan fingerprint density at radius 1 is 1.39 bits per heavy atom. The standard InChI is InChI=1S/C18H32N2O2S/c1-6-9-15(20-22-7-2)18-16(19-5)11-14(12-17(18)21)10-13(4)23-8-3/h13-14,20H,6-12H2,1-5H3. The maximum atomic E-state index is 12.8. The number of carbonyl (C=O) groups is 1. The van der Waals surface area contributed by atoms with Crippen molar-refractivity contribution in [3.63, 3.8) is 0 Å². The lowest BCUT2D eigenvalue weighted by molar-refractivity contribution is -0.116. The number of thioether (sulfide) groups is 1. The van der Waals surface area contributed by atoms with E-state index >= 15 is 0 Å². The molecule has 0 bridgehead atoms. The van der Waals surface area contributed by atoms with E-state index in [1.54, 1.807) is 7.05 Å². The number of allylic oxidation sites excluding steroid dienone is 2. The fraction of sp³-hybridized carbons (Fsp3) is 0.778. The summed E-state index contributed by atoms with van der Waals surface area (Å²) in [4.78, 5) is 22.5. The van der Waals surface area contributed by atoms with Crippen LogP contribution in [0.5, 0.6) is 0 Å². The van der Waals surface area contributed by atoms with Crippen LogP contribution in [-0.4, -0.2) is 36.2 Å². The van der Waals surface area contributed by atoms with E-state index < -0.39 is 0 Å². The summed E-state index contributed by atoms with van der Waals surface area (Å²) in [6.07, 6.45) is 4.39. The Bertz CT molecular complexity index is 446. The van der Waals surface area contributed by atoms with E-state index in [1.165, 1.54) is 0 Å². The summed E-state index contributed by atoms with van der Waals surface area (Å²) in [5.74, 6) is 1.75. The fourth-order valence-electron chi connectivity index (χ4n) is 3.14. The third-order valence-electron chi connectivity index (χ3n) is 4.05. The molecule has 0 amide bonds. The lowest BCUT2D eigenvalue weighted by Gasteiger charge is -2.28. The predicted molar refractivity (Wildman–Crippen MR) is 100.0 cm³/mol. The van der Waals surface area contributed by atoms with Crippen LogP contribution in [0.2, 0.25) is 0 Å². The van der Waals surface area contributed by atoms with E-state index in [0.717, 1.165) is 48.4 Å². The van der Waals surface area contributed by atoms with Crippen molar-refractivity contribution in [1.82, 2.24) is 5.48 Å². The highest BCUT2D eigenvalue weighted by Crippen LogP contribution is 2.32. The van der Waals surface area contributed by atoms with Crippen molar-refractivity contribution in [2.45, 2.75) is 65.0 Å². The van der Waals surface area contributed by atoms with E-state index in [4.69, 9.17) is 4.84 Å². The van der Waals surface area contributed by atoms with Crippen LogP contribution in [0.4, 0.5) is 0 Å². The maximum absolute atomic E-state index is 12.8. The van der Waals surface area contributed by atoms with Crippen LogP contribution in [0.15, 0.2) is 16.3 Å². The minimum atomic E-state index is 0.214. The van der Waals surface area contributed by atoms with Crippen molar-refractivity contribution in [2.24, 2.45) is 10.9 Å². The van der Waals surface area contributed by atoms with E-state index in [-0.39, 0.29) is 5.78 Å². The molecule has 0 aliphatic heterocycles. The van der Waals surface area contributed by atoms with Gasteiger partial charge in [0.05, 0.1) is 17.9 Å². The Morgan fingerprint density at radius 3 is 2.70 bits per heavy atom. The summed E-state index contributed by atoms with van der Waals surface area (Å²) in [5, 5.41) is 0.595. The van der Waals surface area contributed by atoms with Crippen molar-refractivity contribution in [1.29, 1.82) is 0 Å². The van der Waals surface area contributed by atoms with Gasteiger partial charge in [0, 0.05) is 24.4 Å². The largest absolute Gasteiger partial charge is 0.294 e. The molecule has 1 fully saturated rings. The zero-order valence-corrected chi connectivity index (χ0v) is 16.1. The summed E-state index contributed by atoms with van der Waals surface area (Å²) in [6, 6.07) is 0. The molecule has 0 spiro atoms. The van der Waals surface area contributed by atoms with Gasteiger partial charge in [0.1, 0.15) is 0 Å². The molecule has 0 heterocycles. The average Bonchev–Trinajstić information content (AvgIpc) is 2.51. The Labute approximate surface area is 145 Å². The third-order valence-corrected chi connectivity index (χ3v) is 5.15. The van der Waals surface area contributed by atoms with Gasteiger partial charge in [-0.25, -0.2) is 0 Å². The molecule has 132 valence electrons. The molecule has 2 unspecified atom stereocenters. The molecule has 5 heteroatoms. The molecule has 0 aromatic rings. The van der Waals surface area contributed by atoms with Crippen LogP contribution in [0, 0.1) is 5.92 Å². The Morgan fingerprint density at radius 2 is 2.13 bits per heavy atom. The van der Waals surface area contributed by atoms with E-state index in [2.05, 4.69) is 31.2 Å². The number of carbonyl (C=O) groups excluding carboxylic acids is 1. The number of hydroxylamine groups is 1. The van der Waals surface area contributed by atoms with Gasteiger partial charge in [-0.05, 0) is 37.9 Å². The molecule has 2 atom stereocenters. The minimum absolute atomic E-state index is 0.214. The average molecular weight is 341 g/mol. The van der Waals surface area contributed by atoms with Crippen molar-refractivity contribution in [2.75, 3.05) is 19.4 Å². The molecule has 1 saturated carbocycles. The second-order valence-electron chi connectivity index (χ2n) is 6.01. The summed E-state index contributed by atoms with van der Waals surface area (Å²) in [7, 11) is 1.79. The monoisotopic (exact) mass is 340 g/mol. The Kier molecular flexibility index (Phi) is 9.56. The molecule has 1 aliphatic carbocycles. The van der Waals surface area contributed by atoms with Gasteiger partial charge in [0.2, 0.25) is 0 Å². The second kappa shape index (κ2) is 10.9. The number of Topliss-reactive ketones (excluding diaryl/α,β-unsaturated/α-hetero) is 1. The summed E-state index contributed by atoms with van der Waals surface area (Å²) in [5.41, 5.74) is 5.60. The molecular weight excluding hydrogens is 308 g/mol. The summed E-state index contributed by atoms with van der Waals surface area (Å²) < 4.78 is 0. The van der Waals surface area contributed by atoms with Gasteiger partial charge in [0.15, 0.2) is 5.78 Å². The smallest absolute Gasteiger partial charge is 0.166 e. The third kappa shape index (κ3) is 6.30. The highest BCUT2D eigenvalue weighted by Gasteiger charge is 2.31.